The lowest BCUT2D eigenvalue weighted by atomic mass is 9.90. The number of carbonyl (C=O) groups is 2. The lowest BCUT2D eigenvalue weighted by molar-refractivity contribution is -0.118. The van der Waals surface area contributed by atoms with Crippen LogP contribution >= 0.6 is 0 Å². The van der Waals surface area contributed by atoms with Gasteiger partial charge in [-0.25, -0.2) is 9.97 Å². The first-order valence-corrected chi connectivity index (χ1v) is 11.7. The van der Waals surface area contributed by atoms with Gasteiger partial charge in [-0.2, -0.15) is 5.26 Å². The van der Waals surface area contributed by atoms with Crippen molar-refractivity contribution in [3.8, 4) is 17.2 Å². The number of nitrogens with two attached hydrogens (primary N) is 1. The monoisotopic (exact) mass is 481 g/mol. The van der Waals surface area contributed by atoms with E-state index in [0.717, 1.165) is 36.9 Å². The van der Waals surface area contributed by atoms with E-state index in [1.165, 1.54) is 6.33 Å². The zero-order valence-electron chi connectivity index (χ0n) is 19.7. The summed E-state index contributed by atoms with van der Waals surface area (Å²) < 4.78 is 0. The number of benzene rings is 2. The SMILES string of the molecule is C=C(C#N)C(=O)N[C@H]1CC[C@@H](Nc2ncnc(N)c2-c2ccc(C(=O)Nc3ccccc3)cc2)CC1. The minimum absolute atomic E-state index is 0.00478. The van der Waals surface area contributed by atoms with Gasteiger partial charge < -0.3 is 21.7 Å². The smallest absolute Gasteiger partial charge is 0.261 e. The fourth-order valence-electron chi connectivity index (χ4n) is 4.20. The molecule has 0 spiro atoms. The van der Waals surface area contributed by atoms with Crippen LogP contribution in [-0.2, 0) is 4.79 Å². The van der Waals surface area contributed by atoms with Crippen molar-refractivity contribution in [3.63, 3.8) is 0 Å². The maximum Gasteiger partial charge on any atom is 0.261 e. The van der Waals surface area contributed by atoms with Crippen LogP contribution in [0.25, 0.3) is 11.1 Å². The Hall–Kier alpha value is -4.71. The molecule has 9 heteroatoms. The quantitative estimate of drug-likeness (QED) is 0.296. The Morgan fingerprint density at radius 1 is 0.972 bits per heavy atom. The largest absolute Gasteiger partial charge is 0.383 e. The highest BCUT2D eigenvalue weighted by atomic mass is 16.2. The topological polar surface area (TPSA) is 146 Å². The van der Waals surface area contributed by atoms with Crippen LogP contribution in [-0.4, -0.2) is 33.9 Å². The third-order valence-electron chi connectivity index (χ3n) is 6.16. The fraction of sp³-hybridized carbons (Fsp3) is 0.222. The Kier molecular flexibility index (Phi) is 7.56. The van der Waals surface area contributed by atoms with Gasteiger partial charge in [-0.3, -0.25) is 9.59 Å². The second-order valence-electron chi connectivity index (χ2n) is 8.64. The zero-order valence-corrected chi connectivity index (χ0v) is 19.7. The Balaban J connectivity index is 1.42. The fourth-order valence-corrected chi connectivity index (χ4v) is 4.20. The van der Waals surface area contributed by atoms with Crippen molar-refractivity contribution in [1.29, 1.82) is 5.26 Å². The summed E-state index contributed by atoms with van der Waals surface area (Å²) in [5.41, 5.74) is 8.86. The molecular weight excluding hydrogens is 454 g/mol. The third kappa shape index (κ3) is 5.85. The standard InChI is InChI=1S/C27H27N7O2/c1-17(15-28)26(35)33-22-13-11-21(12-14-22)32-25-23(24(29)30-16-31-25)18-7-9-19(10-8-18)27(36)34-20-5-3-2-4-6-20/h2-10,16,21-22H,1,11-14H2,(H,33,35)(H,34,36)(H3,29,30,31,32)/t21-,22+. The molecule has 1 saturated carbocycles. The third-order valence-corrected chi connectivity index (χ3v) is 6.16. The molecular formula is C27H27N7O2. The van der Waals surface area contributed by atoms with Gasteiger partial charge in [-0.1, -0.05) is 36.9 Å². The summed E-state index contributed by atoms with van der Waals surface area (Å²) in [4.78, 5) is 33.1. The Bertz CT molecular complexity index is 1290. The van der Waals surface area contributed by atoms with Gasteiger partial charge in [0.2, 0.25) is 0 Å². The second kappa shape index (κ2) is 11.1. The van der Waals surface area contributed by atoms with Crippen molar-refractivity contribution in [2.24, 2.45) is 0 Å². The van der Waals surface area contributed by atoms with E-state index in [0.29, 0.717) is 22.8 Å². The van der Waals surface area contributed by atoms with Crippen molar-refractivity contribution in [3.05, 3.63) is 78.6 Å². The summed E-state index contributed by atoms with van der Waals surface area (Å²) in [6, 6.07) is 18.3. The first kappa shape index (κ1) is 24.4. The number of rotatable bonds is 7. The summed E-state index contributed by atoms with van der Waals surface area (Å²) >= 11 is 0. The summed E-state index contributed by atoms with van der Waals surface area (Å²) in [5.74, 6) is 0.338. The number of anilines is 3. The molecule has 0 unspecified atom stereocenters. The average molecular weight is 482 g/mol. The maximum absolute atomic E-state index is 12.6. The van der Waals surface area contributed by atoms with Gasteiger partial charge in [0.1, 0.15) is 29.6 Å². The van der Waals surface area contributed by atoms with Crippen LogP contribution in [0.5, 0.6) is 0 Å². The number of nitriles is 1. The molecule has 182 valence electrons. The molecule has 0 atom stereocenters. The Labute approximate surface area is 209 Å². The molecule has 2 amide bonds. The molecule has 0 saturated heterocycles. The molecule has 0 aliphatic heterocycles. The molecule has 1 heterocycles. The molecule has 3 aromatic rings. The summed E-state index contributed by atoms with van der Waals surface area (Å²) in [6.07, 6.45) is 4.58. The number of nitrogen functional groups attached to an aromatic ring is 1. The van der Waals surface area contributed by atoms with Crippen LogP contribution < -0.4 is 21.7 Å². The van der Waals surface area contributed by atoms with Crippen molar-refractivity contribution in [1.82, 2.24) is 15.3 Å². The molecule has 0 bridgehead atoms. The normalized spacial score (nSPS) is 16.9. The van der Waals surface area contributed by atoms with E-state index in [1.807, 2.05) is 42.5 Å². The van der Waals surface area contributed by atoms with Crippen LogP contribution in [0.15, 0.2) is 73.1 Å². The van der Waals surface area contributed by atoms with Crippen LogP contribution in [0.2, 0.25) is 0 Å². The van der Waals surface area contributed by atoms with Crippen LogP contribution in [0, 0.1) is 11.3 Å². The second-order valence-corrected chi connectivity index (χ2v) is 8.64. The number of nitrogens with zero attached hydrogens (tertiary/aromatic N) is 3. The number of hydrogen-bond donors (Lipinski definition) is 4. The zero-order chi connectivity index (χ0) is 25.5. The molecule has 2 aromatic carbocycles. The van der Waals surface area contributed by atoms with Gasteiger partial charge in [0.05, 0.1) is 5.56 Å². The summed E-state index contributed by atoms with van der Waals surface area (Å²) in [7, 11) is 0. The molecule has 36 heavy (non-hydrogen) atoms. The highest BCUT2D eigenvalue weighted by Crippen LogP contribution is 2.33. The van der Waals surface area contributed by atoms with E-state index in [1.54, 1.807) is 18.2 Å². The maximum atomic E-state index is 12.6. The van der Waals surface area contributed by atoms with Crippen molar-refractivity contribution in [2.75, 3.05) is 16.4 Å². The minimum Gasteiger partial charge on any atom is -0.383 e. The van der Waals surface area contributed by atoms with E-state index >= 15 is 0 Å². The van der Waals surface area contributed by atoms with Crippen LogP contribution in [0.3, 0.4) is 0 Å². The van der Waals surface area contributed by atoms with E-state index in [2.05, 4.69) is 32.5 Å². The van der Waals surface area contributed by atoms with Crippen molar-refractivity contribution >= 4 is 29.1 Å². The van der Waals surface area contributed by atoms with E-state index in [4.69, 9.17) is 11.0 Å². The molecule has 1 aromatic heterocycles. The number of carbonyl (C=O) groups excluding carboxylic acids is 2. The first-order chi connectivity index (χ1) is 17.4. The number of nitrogens with one attached hydrogen (secondary N) is 3. The lowest BCUT2D eigenvalue weighted by Crippen LogP contribution is -2.40. The van der Waals surface area contributed by atoms with Gasteiger partial charge >= 0.3 is 0 Å². The van der Waals surface area contributed by atoms with E-state index in [-0.39, 0.29) is 23.6 Å². The number of aromatic nitrogens is 2. The molecule has 5 N–H and O–H groups in total. The predicted octanol–water partition coefficient (Wildman–Crippen LogP) is 3.90. The van der Waals surface area contributed by atoms with Gasteiger partial charge in [0.15, 0.2) is 0 Å². The van der Waals surface area contributed by atoms with E-state index in [9.17, 15) is 9.59 Å². The molecule has 1 fully saturated rings. The van der Waals surface area contributed by atoms with Gasteiger partial charge in [0, 0.05) is 23.3 Å². The first-order valence-electron chi connectivity index (χ1n) is 11.7. The lowest BCUT2D eigenvalue weighted by Gasteiger charge is -2.30. The molecule has 0 radical (unpaired) electrons. The number of hydrogen-bond acceptors (Lipinski definition) is 7. The average Bonchev–Trinajstić information content (AvgIpc) is 2.90. The molecule has 1 aliphatic carbocycles. The van der Waals surface area contributed by atoms with Crippen molar-refractivity contribution < 1.29 is 9.59 Å². The van der Waals surface area contributed by atoms with Crippen molar-refractivity contribution in [2.45, 2.75) is 37.8 Å². The van der Waals surface area contributed by atoms with E-state index < -0.39 is 5.91 Å². The molecule has 4 rings (SSSR count). The number of amides is 2. The number of para-hydroxylation sites is 1. The highest BCUT2D eigenvalue weighted by Gasteiger charge is 2.24. The van der Waals surface area contributed by atoms with Gasteiger partial charge in [-0.15, -0.1) is 0 Å². The Morgan fingerprint density at radius 3 is 2.31 bits per heavy atom. The highest BCUT2D eigenvalue weighted by molar-refractivity contribution is 6.04. The van der Waals surface area contributed by atoms with Crippen LogP contribution in [0.4, 0.5) is 17.3 Å². The van der Waals surface area contributed by atoms with Crippen LogP contribution in [0.1, 0.15) is 36.0 Å². The minimum atomic E-state index is -0.416. The predicted molar refractivity (Wildman–Crippen MR) is 139 cm³/mol. The van der Waals surface area contributed by atoms with Gasteiger partial charge in [0.25, 0.3) is 11.8 Å². The molecule has 1 aliphatic rings. The summed E-state index contributed by atoms with van der Waals surface area (Å²) in [5, 5.41) is 18.0. The van der Waals surface area contributed by atoms with Gasteiger partial charge in [-0.05, 0) is 55.5 Å². The molecule has 9 nitrogen and oxygen atoms in total. The summed E-state index contributed by atoms with van der Waals surface area (Å²) in [6.45, 7) is 3.46. The Morgan fingerprint density at radius 2 is 1.64 bits per heavy atom.